The molecule has 0 fully saturated rings. The molecule has 0 spiro atoms. The van der Waals surface area contributed by atoms with E-state index in [1.807, 2.05) is 6.92 Å². The molecule has 92 valence electrons. The fourth-order valence-electron chi connectivity index (χ4n) is 1.45. The van der Waals surface area contributed by atoms with Crippen LogP contribution in [0.25, 0.3) is 11.2 Å². The molecule has 2 rings (SSSR count). The minimum Gasteiger partial charge on any atom is -0.361 e. The van der Waals surface area contributed by atoms with Crippen LogP contribution in [-0.2, 0) is 17.5 Å². The molecule has 0 bridgehead atoms. The van der Waals surface area contributed by atoms with Gasteiger partial charge in [-0.2, -0.15) is 0 Å². The summed E-state index contributed by atoms with van der Waals surface area (Å²) in [6.07, 6.45) is 1.44. The van der Waals surface area contributed by atoms with Crippen molar-refractivity contribution in [3.63, 3.8) is 0 Å². The molecule has 7 nitrogen and oxygen atoms in total. The molecule has 0 aliphatic rings. The Kier molecular flexibility index (Phi) is 3.30. The van der Waals surface area contributed by atoms with Gasteiger partial charge in [0, 0.05) is 6.61 Å². The standard InChI is InChI=1S/C9H11ClN4O3/c1-2-17-5-13-4-11-6-7(13)12-9(16)14(3-10)8(6)15/h4H,2-3,5H2,1H3,(H,12,16). The maximum atomic E-state index is 11.8. The van der Waals surface area contributed by atoms with E-state index in [0.29, 0.717) is 12.3 Å². The molecule has 1 N–H and O–H groups in total. The van der Waals surface area contributed by atoms with Crippen molar-refractivity contribution < 1.29 is 4.74 Å². The van der Waals surface area contributed by atoms with E-state index < -0.39 is 11.2 Å². The van der Waals surface area contributed by atoms with Gasteiger partial charge in [-0.3, -0.25) is 14.3 Å². The van der Waals surface area contributed by atoms with E-state index in [9.17, 15) is 9.59 Å². The zero-order valence-electron chi connectivity index (χ0n) is 9.14. The lowest BCUT2D eigenvalue weighted by Gasteiger charge is -2.04. The molecular weight excluding hydrogens is 248 g/mol. The van der Waals surface area contributed by atoms with Crippen molar-refractivity contribution >= 4 is 22.8 Å². The van der Waals surface area contributed by atoms with Gasteiger partial charge in [0.1, 0.15) is 18.4 Å². The highest BCUT2D eigenvalue weighted by molar-refractivity contribution is 6.15. The number of rotatable bonds is 4. The molecule has 2 heterocycles. The van der Waals surface area contributed by atoms with Crippen LogP contribution in [0.15, 0.2) is 15.9 Å². The Morgan fingerprint density at radius 3 is 2.94 bits per heavy atom. The summed E-state index contributed by atoms with van der Waals surface area (Å²) < 4.78 is 7.62. The van der Waals surface area contributed by atoms with Gasteiger partial charge in [0.2, 0.25) is 0 Å². The number of halogens is 1. The lowest BCUT2D eigenvalue weighted by atomic mass is 10.5. The Labute approximate surface area is 101 Å². The van der Waals surface area contributed by atoms with Crippen molar-refractivity contribution in [2.24, 2.45) is 0 Å². The maximum Gasteiger partial charge on any atom is 0.331 e. The van der Waals surface area contributed by atoms with E-state index >= 15 is 0 Å². The minimum absolute atomic E-state index is 0.171. The second-order valence-corrected chi connectivity index (χ2v) is 3.56. The molecule has 0 amide bonds. The van der Waals surface area contributed by atoms with Crippen LogP contribution in [0.1, 0.15) is 6.92 Å². The normalized spacial score (nSPS) is 11.2. The predicted molar refractivity (Wildman–Crippen MR) is 62.1 cm³/mol. The van der Waals surface area contributed by atoms with E-state index in [0.717, 1.165) is 4.57 Å². The second-order valence-electron chi connectivity index (χ2n) is 3.32. The average molecular weight is 259 g/mol. The van der Waals surface area contributed by atoms with Crippen molar-refractivity contribution in [3.05, 3.63) is 27.2 Å². The number of hydrogen-bond acceptors (Lipinski definition) is 4. The van der Waals surface area contributed by atoms with Crippen LogP contribution in [0.4, 0.5) is 0 Å². The summed E-state index contributed by atoms with van der Waals surface area (Å²) in [4.78, 5) is 29.9. The van der Waals surface area contributed by atoms with E-state index in [1.165, 1.54) is 6.33 Å². The molecule has 2 aromatic heterocycles. The van der Waals surface area contributed by atoms with Gasteiger partial charge in [-0.15, -0.1) is 11.6 Å². The number of hydrogen-bond donors (Lipinski definition) is 1. The van der Waals surface area contributed by atoms with Gasteiger partial charge in [0.25, 0.3) is 5.56 Å². The molecule has 0 unspecified atom stereocenters. The van der Waals surface area contributed by atoms with Crippen LogP contribution in [0.5, 0.6) is 0 Å². The van der Waals surface area contributed by atoms with Crippen LogP contribution in [0.3, 0.4) is 0 Å². The van der Waals surface area contributed by atoms with Gasteiger partial charge in [0.05, 0.1) is 6.33 Å². The van der Waals surface area contributed by atoms with Crippen LogP contribution in [-0.4, -0.2) is 25.7 Å². The first-order valence-corrected chi connectivity index (χ1v) is 5.54. The highest BCUT2D eigenvalue weighted by atomic mass is 35.5. The lowest BCUT2D eigenvalue weighted by Crippen LogP contribution is -2.34. The number of nitrogens with one attached hydrogen (secondary N) is 1. The third kappa shape index (κ3) is 1.98. The number of imidazole rings is 1. The minimum atomic E-state index is -0.559. The van der Waals surface area contributed by atoms with Crippen molar-refractivity contribution in [2.45, 2.75) is 19.7 Å². The summed E-state index contributed by atoms with van der Waals surface area (Å²) in [5.74, 6) is 0. The molecule has 0 aliphatic heterocycles. The lowest BCUT2D eigenvalue weighted by molar-refractivity contribution is 0.0901. The molecule has 0 atom stereocenters. The third-order valence-corrected chi connectivity index (χ3v) is 2.55. The van der Waals surface area contributed by atoms with Crippen molar-refractivity contribution in [1.82, 2.24) is 19.1 Å². The second kappa shape index (κ2) is 4.72. The number of alkyl halides is 1. The van der Waals surface area contributed by atoms with Gasteiger partial charge in [0.15, 0.2) is 5.52 Å². The summed E-state index contributed by atoms with van der Waals surface area (Å²) in [5.41, 5.74) is -0.551. The van der Waals surface area contributed by atoms with Crippen molar-refractivity contribution in [3.8, 4) is 0 Å². The topological polar surface area (TPSA) is 81.9 Å². The number of fused-ring (bicyclic) bond motifs is 1. The first kappa shape index (κ1) is 11.9. The fourth-order valence-corrected chi connectivity index (χ4v) is 1.67. The number of aromatic nitrogens is 4. The summed E-state index contributed by atoms with van der Waals surface area (Å²) in [5, 5.41) is 0. The van der Waals surface area contributed by atoms with Gasteiger partial charge in [-0.25, -0.2) is 14.3 Å². The van der Waals surface area contributed by atoms with E-state index in [-0.39, 0.29) is 18.3 Å². The monoisotopic (exact) mass is 258 g/mol. The van der Waals surface area contributed by atoms with Crippen molar-refractivity contribution in [1.29, 1.82) is 0 Å². The summed E-state index contributed by atoms with van der Waals surface area (Å²) >= 11 is 5.51. The van der Waals surface area contributed by atoms with Crippen LogP contribution in [0.2, 0.25) is 0 Å². The molecule has 0 saturated heterocycles. The fraction of sp³-hybridized carbons (Fsp3) is 0.444. The van der Waals surface area contributed by atoms with Crippen LogP contribution in [0, 0.1) is 0 Å². The third-order valence-electron chi connectivity index (χ3n) is 2.31. The number of aromatic amines is 1. The number of ether oxygens (including phenoxy) is 1. The van der Waals surface area contributed by atoms with Crippen LogP contribution < -0.4 is 11.2 Å². The Balaban J connectivity index is 2.63. The highest BCUT2D eigenvalue weighted by Crippen LogP contribution is 2.03. The summed E-state index contributed by atoms with van der Waals surface area (Å²) in [7, 11) is 0. The number of H-pyrrole nitrogens is 1. The molecule has 0 saturated carbocycles. The molecule has 2 aromatic rings. The molecular formula is C9H11ClN4O3. The average Bonchev–Trinajstić information content (AvgIpc) is 2.70. The van der Waals surface area contributed by atoms with Crippen molar-refractivity contribution in [2.75, 3.05) is 6.61 Å². The summed E-state index contributed by atoms with van der Waals surface area (Å²) in [6.45, 7) is 2.61. The molecule has 0 aromatic carbocycles. The zero-order valence-corrected chi connectivity index (χ0v) is 9.90. The summed E-state index contributed by atoms with van der Waals surface area (Å²) in [6, 6.07) is -0.206. The predicted octanol–water partition coefficient (Wildman–Crippen LogP) is 0.0766. The molecule has 0 aliphatic carbocycles. The Hall–Kier alpha value is -1.60. The van der Waals surface area contributed by atoms with E-state index in [1.54, 1.807) is 4.57 Å². The Morgan fingerprint density at radius 2 is 2.29 bits per heavy atom. The molecule has 8 heteroatoms. The van der Waals surface area contributed by atoms with Gasteiger partial charge < -0.3 is 4.74 Å². The van der Waals surface area contributed by atoms with E-state index in [4.69, 9.17) is 16.3 Å². The van der Waals surface area contributed by atoms with Gasteiger partial charge >= 0.3 is 5.69 Å². The quantitative estimate of drug-likeness (QED) is 0.787. The molecule has 0 radical (unpaired) electrons. The molecule has 17 heavy (non-hydrogen) atoms. The highest BCUT2D eigenvalue weighted by Gasteiger charge is 2.11. The van der Waals surface area contributed by atoms with E-state index in [2.05, 4.69) is 9.97 Å². The smallest absolute Gasteiger partial charge is 0.331 e. The SMILES string of the molecule is CCOCn1cnc2c(=O)n(CCl)c(=O)[nH]c21. The zero-order chi connectivity index (χ0) is 12.4. The largest absolute Gasteiger partial charge is 0.361 e. The Morgan fingerprint density at radius 1 is 1.53 bits per heavy atom. The maximum absolute atomic E-state index is 11.8. The first-order valence-electron chi connectivity index (χ1n) is 5.00. The first-order chi connectivity index (χ1) is 8.19. The van der Waals surface area contributed by atoms with Gasteiger partial charge in [-0.1, -0.05) is 0 Å². The number of nitrogens with zero attached hydrogens (tertiary/aromatic N) is 3. The Bertz CT molecular complexity index is 642. The van der Waals surface area contributed by atoms with Gasteiger partial charge in [-0.05, 0) is 6.92 Å². The van der Waals surface area contributed by atoms with Crippen LogP contribution >= 0.6 is 11.6 Å².